The van der Waals surface area contributed by atoms with Gasteiger partial charge in [-0.3, -0.25) is 0 Å². The van der Waals surface area contributed by atoms with Gasteiger partial charge in [0.2, 0.25) is 0 Å². The van der Waals surface area contributed by atoms with E-state index in [4.69, 9.17) is 0 Å². The molecule has 1 aliphatic rings. The van der Waals surface area contributed by atoms with Crippen molar-refractivity contribution in [3.63, 3.8) is 0 Å². The number of nitrogens with zero attached hydrogens (tertiary/aromatic N) is 3. The van der Waals surface area contributed by atoms with Crippen LogP contribution in [0.25, 0.3) is 0 Å². The van der Waals surface area contributed by atoms with Crippen molar-refractivity contribution in [3.05, 3.63) is 10.8 Å². The topological polar surface area (TPSA) is 53.1 Å². The van der Waals surface area contributed by atoms with Gasteiger partial charge < -0.3 is 15.5 Å². The van der Waals surface area contributed by atoms with Gasteiger partial charge in [-0.05, 0) is 55.7 Å². The zero-order chi connectivity index (χ0) is 14.4. The smallest absolute Gasteiger partial charge is 0.146 e. The Morgan fingerprint density at radius 3 is 2.65 bits per heavy atom. The summed E-state index contributed by atoms with van der Waals surface area (Å²) in [5, 5.41) is 6.70. The first kappa shape index (κ1) is 15.5. The Labute approximate surface area is 129 Å². The Balaban J connectivity index is 1.93. The van der Waals surface area contributed by atoms with Crippen molar-refractivity contribution in [2.45, 2.75) is 39.2 Å². The highest BCUT2D eigenvalue weighted by Gasteiger charge is 2.15. The summed E-state index contributed by atoms with van der Waals surface area (Å²) in [6.07, 6.45) is 5.63. The first-order valence-electron chi connectivity index (χ1n) is 7.44. The highest BCUT2D eigenvalue weighted by atomic mass is 79.9. The second-order valence-electron chi connectivity index (χ2n) is 5.32. The van der Waals surface area contributed by atoms with Crippen molar-refractivity contribution in [3.8, 4) is 0 Å². The molecule has 1 aromatic heterocycles. The minimum Gasteiger partial charge on any atom is -0.369 e. The number of piperidine rings is 1. The summed E-state index contributed by atoms with van der Waals surface area (Å²) in [7, 11) is 0. The molecule has 1 aromatic rings. The van der Waals surface area contributed by atoms with Gasteiger partial charge >= 0.3 is 0 Å². The largest absolute Gasteiger partial charge is 0.369 e. The Kier molecular flexibility index (Phi) is 6.04. The number of nitrogens with one attached hydrogen (secondary N) is 2. The molecule has 1 unspecified atom stereocenters. The molecule has 0 saturated carbocycles. The molecule has 5 nitrogen and oxygen atoms in total. The van der Waals surface area contributed by atoms with E-state index in [0.29, 0.717) is 6.04 Å². The zero-order valence-electron chi connectivity index (χ0n) is 12.3. The lowest BCUT2D eigenvalue weighted by molar-refractivity contribution is 0.223. The fourth-order valence-electron chi connectivity index (χ4n) is 2.57. The lowest BCUT2D eigenvalue weighted by atomic mass is 10.1. The fourth-order valence-corrected chi connectivity index (χ4v) is 3.03. The summed E-state index contributed by atoms with van der Waals surface area (Å²) in [4.78, 5) is 11.1. The number of aromatic nitrogens is 2. The van der Waals surface area contributed by atoms with Crippen LogP contribution in [0.2, 0.25) is 0 Å². The third-order valence-corrected chi connectivity index (χ3v) is 4.25. The van der Waals surface area contributed by atoms with Gasteiger partial charge in [0.05, 0.1) is 0 Å². The number of likely N-dealkylation sites (tertiary alicyclic amines) is 1. The number of halogens is 1. The second kappa shape index (κ2) is 7.78. The summed E-state index contributed by atoms with van der Waals surface area (Å²) in [6.45, 7) is 8.61. The summed E-state index contributed by atoms with van der Waals surface area (Å²) in [5.41, 5.74) is 0. The van der Waals surface area contributed by atoms with Crippen LogP contribution in [0.15, 0.2) is 10.8 Å². The molecule has 0 spiro atoms. The minimum absolute atomic E-state index is 0.369. The van der Waals surface area contributed by atoms with Gasteiger partial charge in [-0.15, -0.1) is 0 Å². The Bertz CT molecular complexity index is 420. The van der Waals surface area contributed by atoms with E-state index in [2.05, 4.69) is 55.3 Å². The number of hydrogen-bond acceptors (Lipinski definition) is 5. The van der Waals surface area contributed by atoms with Gasteiger partial charge in [0.15, 0.2) is 0 Å². The van der Waals surface area contributed by atoms with Crippen LogP contribution in [-0.2, 0) is 0 Å². The molecule has 1 saturated heterocycles. The van der Waals surface area contributed by atoms with Gasteiger partial charge in [0.25, 0.3) is 0 Å². The molecule has 0 aliphatic carbocycles. The molecule has 1 atom stereocenters. The second-order valence-corrected chi connectivity index (χ2v) is 6.11. The molecule has 1 fully saturated rings. The van der Waals surface area contributed by atoms with Crippen molar-refractivity contribution in [2.75, 3.05) is 36.8 Å². The van der Waals surface area contributed by atoms with E-state index in [1.54, 1.807) is 6.33 Å². The van der Waals surface area contributed by atoms with Crippen LogP contribution in [0.1, 0.15) is 33.1 Å². The van der Waals surface area contributed by atoms with E-state index >= 15 is 0 Å². The summed E-state index contributed by atoms with van der Waals surface area (Å²) >= 11 is 3.57. The van der Waals surface area contributed by atoms with Crippen molar-refractivity contribution in [1.82, 2.24) is 14.9 Å². The average molecular weight is 342 g/mol. The maximum Gasteiger partial charge on any atom is 0.146 e. The van der Waals surface area contributed by atoms with E-state index in [9.17, 15) is 0 Å². The Hall–Kier alpha value is -0.880. The van der Waals surface area contributed by atoms with Crippen molar-refractivity contribution in [1.29, 1.82) is 0 Å². The lowest BCUT2D eigenvalue weighted by Gasteiger charge is -2.29. The SMILES string of the molecule is CCNc1ncnc(NC(C)CN2CCCCC2)c1Br. The van der Waals surface area contributed by atoms with E-state index in [-0.39, 0.29) is 0 Å². The Morgan fingerprint density at radius 2 is 1.95 bits per heavy atom. The molecule has 0 radical (unpaired) electrons. The highest BCUT2D eigenvalue weighted by Crippen LogP contribution is 2.26. The van der Waals surface area contributed by atoms with Gasteiger partial charge in [-0.25, -0.2) is 9.97 Å². The predicted octanol–water partition coefficient (Wildman–Crippen LogP) is 2.96. The molecule has 20 heavy (non-hydrogen) atoms. The molecule has 2 N–H and O–H groups in total. The van der Waals surface area contributed by atoms with Crippen LogP contribution in [0.4, 0.5) is 11.6 Å². The van der Waals surface area contributed by atoms with Crippen molar-refractivity contribution >= 4 is 27.6 Å². The predicted molar refractivity (Wildman–Crippen MR) is 87.3 cm³/mol. The van der Waals surface area contributed by atoms with E-state index < -0.39 is 0 Å². The van der Waals surface area contributed by atoms with E-state index in [1.165, 1.54) is 32.4 Å². The fraction of sp³-hybridized carbons (Fsp3) is 0.714. The molecule has 2 rings (SSSR count). The van der Waals surface area contributed by atoms with E-state index in [1.807, 2.05) is 0 Å². The van der Waals surface area contributed by atoms with Gasteiger partial charge in [-0.2, -0.15) is 0 Å². The van der Waals surface area contributed by atoms with Gasteiger partial charge in [0, 0.05) is 19.1 Å². The monoisotopic (exact) mass is 341 g/mol. The average Bonchev–Trinajstić information content (AvgIpc) is 2.44. The van der Waals surface area contributed by atoms with Crippen LogP contribution < -0.4 is 10.6 Å². The summed E-state index contributed by atoms with van der Waals surface area (Å²) in [5.74, 6) is 1.70. The van der Waals surface area contributed by atoms with Crippen LogP contribution >= 0.6 is 15.9 Å². The first-order chi connectivity index (χ1) is 9.70. The van der Waals surface area contributed by atoms with E-state index in [0.717, 1.165) is 29.2 Å². The van der Waals surface area contributed by atoms with Gasteiger partial charge in [0.1, 0.15) is 22.4 Å². The standard InChI is InChI=1S/C14H24BrN5/c1-3-16-13-12(15)14(18-10-17-13)19-11(2)9-20-7-5-4-6-8-20/h10-11H,3-9H2,1-2H3,(H2,16,17,18,19). The summed E-state index contributed by atoms with van der Waals surface area (Å²) in [6, 6.07) is 0.369. The van der Waals surface area contributed by atoms with Crippen LogP contribution in [0.3, 0.4) is 0 Å². The van der Waals surface area contributed by atoms with Crippen molar-refractivity contribution in [2.24, 2.45) is 0 Å². The third kappa shape index (κ3) is 4.31. The molecule has 0 amide bonds. The number of rotatable bonds is 6. The molecule has 2 heterocycles. The number of anilines is 2. The molecule has 6 heteroatoms. The normalized spacial score (nSPS) is 17.8. The molecule has 0 bridgehead atoms. The summed E-state index contributed by atoms with van der Waals surface area (Å²) < 4.78 is 0.910. The van der Waals surface area contributed by atoms with Gasteiger partial charge in [-0.1, -0.05) is 6.42 Å². The third-order valence-electron chi connectivity index (χ3n) is 3.50. The molecule has 112 valence electrons. The first-order valence-corrected chi connectivity index (χ1v) is 8.23. The zero-order valence-corrected chi connectivity index (χ0v) is 13.9. The highest BCUT2D eigenvalue weighted by molar-refractivity contribution is 9.10. The van der Waals surface area contributed by atoms with Crippen molar-refractivity contribution < 1.29 is 0 Å². The van der Waals surface area contributed by atoms with Crippen LogP contribution in [0.5, 0.6) is 0 Å². The molecular formula is C14H24BrN5. The van der Waals surface area contributed by atoms with Crippen LogP contribution in [-0.4, -0.2) is 47.1 Å². The maximum atomic E-state index is 4.33. The molecule has 0 aromatic carbocycles. The lowest BCUT2D eigenvalue weighted by Crippen LogP contribution is -2.38. The minimum atomic E-state index is 0.369. The van der Waals surface area contributed by atoms with Crippen LogP contribution in [0, 0.1) is 0 Å². The molecular weight excluding hydrogens is 318 g/mol. The Morgan fingerprint density at radius 1 is 1.25 bits per heavy atom. The maximum absolute atomic E-state index is 4.33. The number of hydrogen-bond donors (Lipinski definition) is 2. The molecule has 1 aliphatic heterocycles. The quantitative estimate of drug-likeness (QED) is 0.833.